The number of nitrogens with two attached hydrogens (primary N) is 1. The van der Waals surface area contributed by atoms with Gasteiger partial charge in [0.1, 0.15) is 0 Å². The minimum Gasteiger partial charge on any atom is -0.330 e. The Labute approximate surface area is 119 Å². The van der Waals surface area contributed by atoms with Gasteiger partial charge in [0.2, 0.25) is 0 Å². The predicted molar refractivity (Wildman–Crippen MR) is 85.4 cm³/mol. The third-order valence-corrected chi connectivity index (χ3v) is 3.91. The third kappa shape index (κ3) is 7.37. The van der Waals surface area contributed by atoms with Crippen molar-refractivity contribution in [2.24, 2.45) is 11.7 Å². The molecule has 1 aromatic rings. The summed E-state index contributed by atoms with van der Waals surface area (Å²) >= 11 is 0. The molecule has 0 heterocycles. The summed E-state index contributed by atoms with van der Waals surface area (Å²) in [7, 11) is 0. The molecule has 0 amide bonds. The summed E-state index contributed by atoms with van der Waals surface area (Å²) in [5.74, 6) is 0.660. The molecule has 0 bridgehead atoms. The molecule has 1 atom stereocenters. The first-order valence-electron chi connectivity index (χ1n) is 8.02. The van der Waals surface area contributed by atoms with Gasteiger partial charge in [-0.05, 0) is 37.8 Å². The molecule has 0 spiro atoms. The van der Waals surface area contributed by atoms with Crippen molar-refractivity contribution in [3.05, 3.63) is 35.4 Å². The topological polar surface area (TPSA) is 26.0 Å². The Kier molecular flexibility index (Phi) is 8.57. The van der Waals surface area contributed by atoms with Gasteiger partial charge in [-0.1, -0.05) is 75.3 Å². The quantitative estimate of drug-likeness (QED) is 0.598. The van der Waals surface area contributed by atoms with Crippen LogP contribution in [0, 0.1) is 12.8 Å². The summed E-state index contributed by atoms with van der Waals surface area (Å²) in [6.07, 6.45) is 10.7. The van der Waals surface area contributed by atoms with Crippen LogP contribution in [0.5, 0.6) is 0 Å². The van der Waals surface area contributed by atoms with E-state index in [1.165, 1.54) is 56.1 Å². The molecule has 0 saturated carbocycles. The molecule has 108 valence electrons. The number of unbranched alkanes of at least 4 members (excludes halogenated alkanes) is 5. The first kappa shape index (κ1) is 16.2. The van der Waals surface area contributed by atoms with Gasteiger partial charge in [-0.25, -0.2) is 0 Å². The summed E-state index contributed by atoms with van der Waals surface area (Å²) < 4.78 is 0. The molecule has 19 heavy (non-hydrogen) atoms. The number of rotatable bonds is 10. The van der Waals surface area contributed by atoms with Crippen molar-refractivity contribution in [3.8, 4) is 0 Å². The monoisotopic (exact) mass is 261 g/mol. The second kappa shape index (κ2) is 10.0. The van der Waals surface area contributed by atoms with Crippen LogP contribution in [-0.2, 0) is 6.42 Å². The van der Waals surface area contributed by atoms with Crippen molar-refractivity contribution >= 4 is 0 Å². The Morgan fingerprint density at radius 1 is 1.05 bits per heavy atom. The Morgan fingerprint density at radius 2 is 1.79 bits per heavy atom. The largest absolute Gasteiger partial charge is 0.330 e. The highest BCUT2D eigenvalue weighted by molar-refractivity contribution is 5.22. The second-order valence-electron chi connectivity index (χ2n) is 5.85. The summed E-state index contributed by atoms with van der Waals surface area (Å²) in [6, 6.07) is 8.85. The van der Waals surface area contributed by atoms with Crippen molar-refractivity contribution < 1.29 is 0 Å². The first-order valence-corrected chi connectivity index (χ1v) is 8.02. The van der Waals surface area contributed by atoms with Crippen LogP contribution in [0.1, 0.15) is 63.0 Å². The van der Waals surface area contributed by atoms with Crippen molar-refractivity contribution in [2.75, 3.05) is 6.54 Å². The zero-order valence-corrected chi connectivity index (χ0v) is 12.8. The minimum atomic E-state index is 0.660. The van der Waals surface area contributed by atoms with Crippen LogP contribution >= 0.6 is 0 Å². The molecule has 0 aliphatic carbocycles. The molecule has 0 saturated heterocycles. The molecule has 1 heteroatoms. The smallest absolute Gasteiger partial charge is 0.00457 e. The van der Waals surface area contributed by atoms with Gasteiger partial charge >= 0.3 is 0 Å². The van der Waals surface area contributed by atoms with Crippen LogP contribution < -0.4 is 5.73 Å². The standard InChI is InChI=1S/C18H31N/c1-3-4-5-6-7-8-11-18(15-19)14-17-12-9-10-16(2)13-17/h9-10,12-13,18H,3-8,11,14-15,19H2,1-2H3. The average Bonchev–Trinajstić information content (AvgIpc) is 2.41. The highest BCUT2D eigenvalue weighted by atomic mass is 14.5. The lowest BCUT2D eigenvalue weighted by atomic mass is 9.93. The van der Waals surface area contributed by atoms with Gasteiger partial charge in [-0.2, -0.15) is 0 Å². The molecule has 2 N–H and O–H groups in total. The fraction of sp³-hybridized carbons (Fsp3) is 0.667. The Balaban J connectivity index is 2.22. The highest BCUT2D eigenvalue weighted by Crippen LogP contribution is 2.17. The molecule has 1 aromatic carbocycles. The zero-order chi connectivity index (χ0) is 13.9. The lowest BCUT2D eigenvalue weighted by Crippen LogP contribution is -2.17. The number of benzene rings is 1. The summed E-state index contributed by atoms with van der Waals surface area (Å²) in [4.78, 5) is 0. The second-order valence-corrected chi connectivity index (χ2v) is 5.85. The third-order valence-electron chi connectivity index (χ3n) is 3.91. The molecule has 1 unspecified atom stereocenters. The molecule has 0 aliphatic heterocycles. The Morgan fingerprint density at radius 3 is 2.47 bits per heavy atom. The first-order chi connectivity index (χ1) is 9.26. The van der Waals surface area contributed by atoms with E-state index in [1.807, 2.05) is 0 Å². The van der Waals surface area contributed by atoms with Gasteiger partial charge in [0, 0.05) is 0 Å². The number of aryl methyl sites for hydroxylation is 1. The minimum absolute atomic E-state index is 0.660. The van der Waals surface area contributed by atoms with Gasteiger partial charge < -0.3 is 5.73 Å². The van der Waals surface area contributed by atoms with E-state index in [0.29, 0.717) is 5.92 Å². The van der Waals surface area contributed by atoms with E-state index in [4.69, 9.17) is 5.73 Å². The van der Waals surface area contributed by atoms with Gasteiger partial charge in [-0.15, -0.1) is 0 Å². The molecule has 0 aromatic heterocycles. The van der Waals surface area contributed by atoms with Gasteiger partial charge in [-0.3, -0.25) is 0 Å². The molecule has 0 fully saturated rings. The SMILES string of the molecule is CCCCCCCCC(CN)Cc1cccc(C)c1. The Hall–Kier alpha value is -0.820. The summed E-state index contributed by atoms with van der Waals surface area (Å²) in [5.41, 5.74) is 8.72. The Bertz CT molecular complexity index is 332. The summed E-state index contributed by atoms with van der Waals surface area (Å²) in [6.45, 7) is 5.25. The van der Waals surface area contributed by atoms with E-state index in [0.717, 1.165) is 13.0 Å². The molecule has 0 radical (unpaired) electrons. The van der Waals surface area contributed by atoms with E-state index in [9.17, 15) is 0 Å². The van der Waals surface area contributed by atoms with Crippen LogP contribution in [0.15, 0.2) is 24.3 Å². The van der Waals surface area contributed by atoms with E-state index in [-0.39, 0.29) is 0 Å². The normalized spacial score (nSPS) is 12.6. The molecular formula is C18H31N. The van der Waals surface area contributed by atoms with E-state index in [1.54, 1.807) is 0 Å². The van der Waals surface area contributed by atoms with Gasteiger partial charge in [0.25, 0.3) is 0 Å². The highest BCUT2D eigenvalue weighted by Gasteiger charge is 2.07. The van der Waals surface area contributed by atoms with Crippen molar-refractivity contribution in [1.82, 2.24) is 0 Å². The van der Waals surface area contributed by atoms with Crippen LogP contribution in [0.2, 0.25) is 0 Å². The number of hydrogen-bond donors (Lipinski definition) is 1. The van der Waals surface area contributed by atoms with Crippen molar-refractivity contribution in [2.45, 2.75) is 65.2 Å². The number of hydrogen-bond acceptors (Lipinski definition) is 1. The fourth-order valence-corrected chi connectivity index (χ4v) is 2.69. The van der Waals surface area contributed by atoms with Crippen LogP contribution in [-0.4, -0.2) is 6.54 Å². The lowest BCUT2D eigenvalue weighted by Gasteiger charge is -2.15. The molecular weight excluding hydrogens is 230 g/mol. The van der Waals surface area contributed by atoms with Gasteiger partial charge in [0.15, 0.2) is 0 Å². The zero-order valence-electron chi connectivity index (χ0n) is 12.8. The summed E-state index contributed by atoms with van der Waals surface area (Å²) in [5, 5.41) is 0. The average molecular weight is 261 g/mol. The molecule has 1 nitrogen and oxygen atoms in total. The van der Waals surface area contributed by atoms with Gasteiger partial charge in [0.05, 0.1) is 0 Å². The molecule has 1 rings (SSSR count). The fourth-order valence-electron chi connectivity index (χ4n) is 2.69. The lowest BCUT2D eigenvalue weighted by molar-refractivity contribution is 0.456. The maximum atomic E-state index is 5.92. The van der Waals surface area contributed by atoms with Crippen molar-refractivity contribution in [3.63, 3.8) is 0 Å². The van der Waals surface area contributed by atoms with E-state index in [2.05, 4.69) is 38.1 Å². The maximum Gasteiger partial charge on any atom is -0.00457 e. The van der Waals surface area contributed by atoms with Crippen LogP contribution in [0.3, 0.4) is 0 Å². The molecule has 0 aliphatic rings. The van der Waals surface area contributed by atoms with E-state index >= 15 is 0 Å². The maximum absolute atomic E-state index is 5.92. The van der Waals surface area contributed by atoms with Crippen molar-refractivity contribution in [1.29, 1.82) is 0 Å². The van der Waals surface area contributed by atoms with Crippen LogP contribution in [0.4, 0.5) is 0 Å². The van der Waals surface area contributed by atoms with E-state index < -0.39 is 0 Å². The van der Waals surface area contributed by atoms with Crippen LogP contribution in [0.25, 0.3) is 0 Å². The predicted octanol–water partition coefficient (Wildman–Crippen LogP) is 4.86.